The molecule has 0 N–H and O–H groups in total. The van der Waals surface area contributed by atoms with E-state index >= 15 is 0 Å². The Morgan fingerprint density at radius 2 is 2.27 bits per heavy atom. The summed E-state index contributed by atoms with van der Waals surface area (Å²) in [6.45, 7) is 1.47. The highest BCUT2D eigenvalue weighted by atomic mass is 32.1. The molecule has 0 aromatic heterocycles. The molecule has 0 aliphatic heterocycles. The zero-order chi connectivity index (χ0) is 11.3. The second-order valence-electron chi connectivity index (χ2n) is 3.21. The quantitative estimate of drug-likeness (QED) is 0.613. The summed E-state index contributed by atoms with van der Waals surface area (Å²) in [5.41, 5.74) is 0.978. The molecule has 0 heterocycles. The molecule has 0 aliphatic carbocycles. The number of ketones is 1. The van der Waals surface area contributed by atoms with Crippen molar-refractivity contribution in [3.8, 4) is 0 Å². The molecule has 0 radical (unpaired) electrons. The zero-order valence-corrected chi connectivity index (χ0v) is 9.43. The van der Waals surface area contributed by atoms with Gasteiger partial charge in [0.2, 0.25) is 0 Å². The number of rotatable bonds is 4. The van der Waals surface area contributed by atoms with Crippen LogP contribution in [0.3, 0.4) is 0 Å². The molecule has 0 aliphatic rings. The van der Waals surface area contributed by atoms with Gasteiger partial charge in [-0.25, -0.2) is 4.39 Å². The van der Waals surface area contributed by atoms with E-state index in [1.54, 1.807) is 12.1 Å². The Hall–Kier alpha value is -1.09. The highest BCUT2D eigenvalue weighted by Crippen LogP contribution is 2.13. The van der Waals surface area contributed by atoms with E-state index < -0.39 is 0 Å². The first-order chi connectivity index (χ1) is 7.15. The maximum Gasteiger partial charge on any atom is 0.159 e. The van der Waals surface area contributed by atoms with Gasteiger partial charge in [-0.3, -0.25) is 4.79 Å². The molecule has 1 aromatic rings. The van der Waals surface area contributed by atoms with Gasteiger partial charge in [0.15, 0.2) is 5.78 Å². The Morgan fingerprint density at radius 1 is 1.53 bits per heavy atom. The molecule has 1 nitrogen and oxygen atoms in total. The molecule has 1 rings (SSSR count). The number of allylic oxidation sites excluding steroid dienone is 1. The number of hydrogen-bond donors (Lipinski definition) is 1. The Kier molecular flexibility index (Phi) is 4.56. The van der Waals surface area contributed by atoms with Gasteiger partial charge in [-0.2, -0.15) is 12.6 Å². The fourth-order valence-corrected chi connectivity index (χ4v) is 1.32. The summed E-state index contributed by atoms with van der Waals surface area (Å²) < 4.78 is 13.3. The van der Waals surface area contributed by atoms with E-state index in [0.29, 0.717) is 11.1 Å². The zero-order valence-electron chi connectivity index (χ0n) is 8.53. The van der Waals surface area contributed by atoms with Gasteiger partial charge in [-0.15, -0.1) is 0 Å². The van der Waals surface area contributed by atoms with Crippen LogP contribution in [0.25, 0.3) is 6.08 Å². The highest BCUT2D eigenvalue weighted by molar-refractivity contribution is 7.80. The monoisotopic (exact) mass is 224 g/mol. The molecule has 0 unspecified atom stereocenters. The second-order valence-corrected chi connectivity index (χ2v) is 3.65. The number of benzene rings is 1. The largest absolute Gasteiger partial charge is 0.295 e. The number of hydrogen-bond acceptors (Lipinski definition) is 2. The molecule has 0 spiro atoms. The van der Waals surface area contributed by atoms with Crippen molar-refractivity contribution < 1.29 is 9.18 Å². The van der Waals surface area contributed by atoms with Crippen LogP contribution in [0.2, 0.25) is 0 Å². The van der Waals surface area contributed by atoms with E-state index in [1.165, 1.54) is 19.1 Å². The van der Waals surface area contributed by atoms with Gasteiger partial charge >= 0.3 is 0 Å². The topological polar surface area (TPSA) is 17.1 Å². The molecule has 1 aromatic carbocycles. The summed E-state index contributed by atoms with van der Waals surface area (Å²) in [5, 5.41) is 0. The summed E-state index contributed by atoms with van der Waals surface area (Å²) in [6.07, 6.45) is 4.31. The Morgan fingerprint density at radius 3 is 2.87 bits per heavy atom. The van der Waals surface area contributed by atoms with Crippen LogP contribution < -0.4 is 0 Å². The minimum absolute atomic E-state index is 0.0566. The van der Waals surface area contributed by atoms with Crippen LogP contribution in [0.1, 0.15) is 29.3 Å². The molecule has 3 heteroatoms. The Labute approximate surface area is 94.4 Å². The summed E-state index contributed by atoms with van der Waals surface area (Å²) in [4.78, 5) is 11.1. The van der Waals surface area contributed by atoms with Gasteiger partial charge < -0.3 is 0 Å². The molecule has 0 saturated heterocycles. The van der Waals surface area contributed by atoms with Crippen molar-refractivity contribution in [1.29, 1.82) is 0 Å². The number of carbonyl (C=O) groups is 1. The van der Waals surface area contributed by atoms with E-state index in [4.69, 9.17) is 0 Å². The van der Waals surface area contributed by atoms with Crippen molar-refractivity contribution in [3.63, 3.8) is 0 Å². The van der Waals surface area contributed by atoms with Crippen LogP contribution in [0.5, 0.6) is 0 Å². The minimum atomic E-state index is -0.310. The van der Waals surface area contributed by atoms with E-state index in [0.717, 1.165) is 12.2 Å². The summed E-state index contributed by atoms with van der Waals surface area (Å²) in [5.74, 6) is 0.360. The average Bonchev–Trinajstić information content (AvgIpc) is 2.20. The second kappa shape index (κ2) is 5.71. The lowest BCUT2D eigenvalue weighted by Crippen LogP contribution is -1.94. The van der Waals surface area contributed by atoms with Crippen LogP contribution in [0.4, 0.5) is 4.39 Å². The lowest BCUT2D eigenvalue weighted by atomic mass is 10.1. The summed E-state index contributed by atoms with van der Waals surface area (Å²) >= 11 is 4.05. The predicted octanol–water partition coefficient (Wildman–Crippen LogP) is 3.36. The van der Waals surface area contributed by atoms with Crippen molar-refractivity contribution in [3.05, 3.63) is 41.2 Å². The van der Waals surface area contributed by atoms with Crippen molar-refractivity contribution >= 4 is 24.5 Å². The Balaban J connectivity index is 2.95. The van der Waals surface area contributed by atoms with Gasteiger partial charge in [0.05, 0.1) is 0 Å². The smallest absolute Gasteiger partial charge is 0.159 e. The fraction of sp³-hybridized carbons (Fsp3) is 0.250. The number of Topliss-reactive ketones (excluding diaryl/α,β-unsaturated/α-hetero) is 1. The van der Waals surface area contributed by atoms with Gasteiger partial charge in [0.1, 0.15) is 5.82 Å². The highest BCUT2D eigenvalue weighted by Gasteiger charge is 2.03. The predicted molar refractivity (Wildman–Crippen MR) is 63.9 cm³/mol. The van der Waals surface area contributed by atoms with Crippen molar-refractivity contribution in [2.24, 2.45) is 0 Å². The minimum Gasteiger partial charge on any atom is -0.295 e. The summed E-state index contributed by atoms with van der Waals surface area (Å²) in [7, 11) is 0. The molecule has 15 heavy (non-hydrogen) atoms. The molecular weight excluding hydrogens is 211 g/mol. The first-order valence-electron chi connectivity index (χ1n) is 4.73. The van der Waals surface area contributed by atoms with Crippen LogP contribution >= 0.6 is 12.6 Å². The number of thiol groups is 1. The number of carbonyl (C=O) groups excluding carboxylic acids is 1. The Bertz CT molecular complexity index is 385. The number of halogens is 1. The average molecular weight is 224 g/mol. The molecule has 0 bridgehead atoms. The van der Waals surface area contributed by atoms with Crippen molar-refractivity contribution in [2.75, 3.05) is 5.75 Å². The lowest BCUT2D eigenvalue weighted by Gasteiger charge is -2.00. The van der Waals surface area contributed by atoms with E-state index in [2.05, 4.69) is 12.6 Å². The molecule has 0 amide bonds. The third-order valence-corrected chi connectivity index (χ3v) is 2.25. The van der Waals surface area contributed by atoms with Gasteiger partial charge in [0.25, 0.3) is 0 Å². The normalized spacial score (nSPS) is 10.9. The maximum absolute atomic E-state index is 13.3. The standard InChI is InChI=1S/C12H13FOS/c1-9(14)10-5-6-12(13)11(8-10)4-2-3-7-15/h2,4-6,8,15H,3,7H2,1H3. The van der Waals surface area contributed by atoms with E-state index in [-0.39, 0.29) is 11.6 Å². The van der Waals surface area contributed by atoms with Crippen molar-refractivity contribution in [2.45, 2.75) is 13.3 Å². The maximum atomic E-state index is 13.3. The van der Waals surface area contributed by atoms with Crippen molar-refractivity contribution in [1.82, 2.24) is 0 Å². The SMILES string of the molecule is CC(=O)c1ccc(F)c(C=CCCS)c1. The molecule has 0 saturated carbocycles. The van der Waals surface area contributed by atoms with Crippen LogP contribution in [-0.2, 0) is 0 Å². The fourth-order valence-electron chi connectivity index (χ4n) is 1.18. The van der Waals surface area contributed by atoms with Crippen LogP contribution in [-0.4, -0.2) is 11.5 Å². The van der Waals surface area contributed by atoms with Gasteiger partial charge in [-0.05, 0) is 37.3 Å². The van der Waals surface area contributed by atoms with Crippen LogP contribution in [0, 0.1) is 5.82 Å². The van der Waals surface area contributed by atoms with Crippen LogP contribution in [0.15, 0.2) is 24.3 Å². The summed E-state index contributed by atoms with van der Waals surface area (Å²) in [6, 6.07) is 4.37. The third kappa shape index (κ3) is 3.51. The molecule has 0 fully saturated rings. The van der Waals surface area contributed by atoms with E-state index in [1.807, 2.05) is 6.08 Å². The third-order valence-electron chi connectivity index (χ3n) is 2.00. The van der Waals surface area contributed by atoms with Gasteiger partial charge in [-0.1, -0.05) is 12.2 Å². The first kappa shape index (κ1) is 12.0. The molecule has 80 valence electrons. The lowest BCUT2D eigenvalue weighted by molar-refractivity contribution is 0.101. The van der Waals surface area contributed by atoms with Gasteiger partial charge in [0, 0.05) is 11.1 Å². The molecule has 0 atom stereocenters. The van der Waals surface area contributed by atoms with E-state index in [9.17, 15) is 9.18 Å². The molecular formula is C12H13FOS. The first-order valence-corrected chi connectivity index (χ1v) is 5.36.